The van der Waals surface area contributed by atoms with E-state index in [0.717, 1.165) is 44.1 Å². The highest BCUT2D eigenvalue weighted by Gasteiger charge is 2.13. The zero-order valence-electron chi connectivity index (χ0n) is 11.7. The number of nitrogens with one attached hydrogen (secondary N) is 1. The Bertz CT molecular complexity index is 425. The van der Waals surface area contributed by atoms with Gasteiger partial charge in [-0.3, -0.25) is 9.69 Å². The van der Waals surface area contributed by atoms with E-state index in [-0.39, 0.29) is 5.91 Å². The van der Waals surface area contributed by atoms with Gasteiger partial charge in [-0.1, -0.05) is 6.92 Å². The molecule has 1 amide bonds. The van der Waals surface area contributed by atoms with Crippen LogP contribution in [0.15, 0.2) is 6.07 Å². The molecule has 1 aromatic rings. The first-order valence-electron chi connectivity index (χ1n) is 6.88. The number of hydrogen-bond donors (Lipinski definition) is 1. The van der Waals surface area contributed by atoms with Crippen molar-refractivity contribution in [1.82, 2.24) is 10.2 Å². The Morgan fingerprint density at radius 3 is 2.84 bits per heavy atom. The lowest BCUT2D eigenvalue weighted by Gasteiger charge is -2.26. The zero-order valence-corrected chi connectivity index (χ0v) is 12.5. The number of aryl methyl sites for hydroxylation is 2. The first kappa shape index (κ1) is 14.5. The molecule has 0 spiro atoms. The van der Waals surface area contributed by atoms with Gasteiger partial charge in [0.05, 0.1) is 18.1 Å². The van der Waals surface area contributed by atoms with Crippen LogP contribution in [0.5, 0.6) is 0 Å². The Morgan fingerprint density at radius 1 is 1.47 bits per heavy atom. The molecule has 4 nitrogen and oxygen atoms in total. The van der Waals surface area contributed by atoms with Gasteiger partial charge in [0.15, 0.2) is 0 Å². The van der Waals surface area contributed by atoms with Gasteiger partial charge in [-0.25, -0.2) is 0 Å². The number of ether oxygens (including phenoxy) is 1. The lowest BCUT2D eigenvalue weighted by Crippen LogP contribution is -2.41. The average molecular weight is 282 g/mol. The van der Waals surface area contributed by atoms with E-state index >= 15 is 0 Å². The highest BCUT2D eigenvalue weighted by Crippen LogP contribution is 2.21. The lowest BCUT2D eigenvalue weighted by molar-refractivity contribution is 0.0383. The van der Waals surface area contributed by atoms with Crippen LogP contribution in [0, 0.1) is 6.92 Å². The lowest BCUT2D eigenvalue weighted by atomic mass is 10.2. The van der Waals surface area contributed by atoms with Gasteiger partial charge >= 0.3 is 0 Å². The van der Waals surface area contributed by atoms with Crippen molar-refractivity contribution < 1.29 is 9.53 Å². The molecule has 0 unspecified atom stereocenters. The van der Waals surface area contributed by atoms with Gasteiger partial charge < -0.3 is 10.1 Å². The molecule has 1 aliphatic rings. The second-order valence-corrected chi connectivity index (χ2v) is 6.01. The second-order valence-electron chi connectivity index (χ2n) is 4.76. The number of thiophene rings is 1. The third-order valence-electron chi connectivity index (χ3n) is 3.44. The van der Waals surface area contributed by atoms with Crippen molar-refractivity contribution in [1.29, 1.82) is 0 Å². The molecule has 0 aliphatic carbocycles. The molecule has 19 heavy (non-hydrogen) atoms. The van der Waals surface area contributed by atoms with E-state index in [0.29, 0.717) is 6.54 Å². The molecule has 0 radical (unpaired) electrons. The Balaban J connectivity index is 1.77. The summed E-state index contributed by atoms with van der Waals surface area (Å²) in [6, 6.07) is 2.02. The van der Waals surface area contributed by atoms with Crippen molar-refractivity contribution in [3.63, 3.8) is 0 Å². The molecule has 0 aromatic carbocycles. The summed E-state index contributed by atoms with van der Waals surface area (Å²) in [6.45, 7) is 9.35. The summed E-state index contributed by atoms with van der Waals surface area (Å²) in [5, 5.41) is 3.00. The topological polar surface area (TPSA) is 41.6 Å². The van der Waals surface area contributed by atoms with Crippen LogP contribution < -0.4 is 5.32 Å². The predicted molar refractivity (Wildman–Crippen MR) is 78.0 cm³/mol. The van der Waals surface area contributed by atoms with E-state index in [2.05, 4.69) is 24.1 Å². The third-order valence-corrected chi connectivity index (χ3v) is 4.53. The maximum Gasteiger partial charge on any atom is 0.261 e. The normalized spacial score (nSPS) is 16.5. The molecule has 5 heteroatoms. The van der Waals surface area contributed by atoms with Gasteiger partial charge in [0.1, 0.15) is 0 Å². The van der Waals surface area contributed by atoms with Gasteiger partial charge in [0, 0.05) is 31.1 Å². The first-order valence-corrected chi connectivity index (χ1v) is 7.70. The van der Waals surface area contributed by atoms with Crippen LogP contribution in [0.3, 0.4) is 0 Å². The molecular formula is C14H22N2O2S. The van der Waals surface area contributed by atoms with Crippen LogP contribution >= 0.6 is 11.3 Å². The first-order chi connectivity index (χ1) is 9.20. The molecule has 1 N–H and O–H groups in total. The van der Waals surface area contributed by atoms with Gasteiger partial charge in [-0.2, -0.15) is 0 Å². The summed E-state index contributed by atoms with van der Waals surface area (Å²) in [4.78, 5) is 16.4. The quantitative estimate of drug-likeness (QED) is 0.893. The summed E-state index contributed by atoms with van der Waals surface area (Å²) in [6.07, 6.45) is 0.989. The summed E-state index contributed by atoms with van der Waals surface area (Å²) in [5.41, 5.74) is 1.28. The molecule has 1 saturated heterocycles. The average Bonchev–Trinajstić information content (AvgIpc) is 2.81. The predicted octanol–water partition coefficient (Wildman–Crippen LogP) is 1.68. The SMILES string of the molecule is CCc1cc(C(=O)NCCN2CCOCC2)sc1C. The van der Waals surface area contributed by atoms with Gasteiger partial charge in [-0.15, -0.1) is 11.3 Å². The van der Waals surface area contributed by atoms with Gasteiger partial charge in [0.2, 0.25) is 0 Å². The van der Waals surface area contributed by atoms with Crippen LogP contribution in [0.25, 0.3) is 0 Å². The summed E-state index contributed by atoms with van der Waals surface area (Å²) < 4.78 is 5.30. The zero-order chi connectivity index (χ0) is 13.7. The van der Waals surface area contributed by atoms with Crippen molar-refractivity contribution >= 4 is 17.2 Å². The maximum atomic E-state index is 12.0. The summed E-state index contributed by atoms with van der Waals surface area (Å²) in [7, 11) is 0. The number of carbonyl (C=O) groups excluding carboxylic acids is 1. The fraction of sp³-hybridized carbons (Fsp3) is 0.643. The molecule has 0 atom stereocenters. The van der Waals surface area contributed by atoms with E-state index in [4.69, 9.17) is 4.74 Å². The van der Waals surface area contributed by atoms with E-state index in [1.165, 1.54) is 10.4 Å². The van der Waals surface area contributed by atoms with Crippen LogP contribution in [0.2, 0.25) is 0 Å². The van der Waals surface area contributed by atoms with Crippen molar-refractivity contribution in [2.75, 3.05) is 39.4 Å². The van der Waals surface area contributed by atoms with E-state index in [1.807, 2.05) is 6.07 Å². The second kappa shape index (κ2) is 7.03. The number of hydrogen-bond acceptors (Lipinski definition) is 4. The Hall–Kier alpha value is -0.910. The molecule has 1 aliphatic heterocycles. The fourth-order valence-electron chi connectivity index (χ4n) is 2.22. The van der Waals surface area contributed by atoms with Crippen molar-refractivity contribution in [3.05, 3.63) is 21.4 Å². The van der Waals surface area contributed by atoms with Crippen LogP contribution in [-0.2, 0) is 11.2 Å². The molecule has 2 rings (SSSR count). The van der Waals surface area contributed by atoms with Gasteiger partial charge in [0.25, 0.3) is 5.91 Å². The molecule has 2 heterocycles. The van der Waals surface area contributed by atoms with Gasteiger partial charge in [-0.05, 0) is 25.0 Å². The minimum Gasteiger partial charge on any atom is -0.379 e. The van der Waals surface area contributed by atoms with E-state index < -0.39 is 0 Å². The number of rotatable bonds is 5. The highest BCUT2D eigenvalue weighted by atomic mass is 32.1. The summed E-state index contributed by atoms with van der Waals surface area (Å²) in [5.74, 6) is 0.0565. The molecule has 1 fully saturated rings. The Kier molecular flexibility index (Phi) is 5.36. The minimum absolute atomic E-state index is 0.0565. The van der Waals surface area contributed by atoms with Crippen LogP contribution in [0.4, 0.5) is 0 Å². The minimum atomic E-state index is 0.0565. The maximum absolute atomic E-state index is 12.0. The number of nitrogens with zero attached hydrogens (tertiary/aromatic N) is 1. The fourth-order valence-corrected chi connectivity index (χ4v) is 3.25. The number of morpholine rings is 1. The smallest absolute Gasteiger partial charge is 0.261 e. The third kappa shape index (κ3) is 4.03. The highest BCUT2D eigenvalue weighted by molar-refractivity contribution is 7.14. The molecule has 1 aromatic heterocycles. The molecule has 0 bridgehead atoms. The summed E-state index contributed by atoms with van der Waals surface area (Å²) >= 11 is 1.59. The monoisotopic (exact) mass is 282 g/mol. The van der Waals surface area contributed by atoms with Crippen LogP contribution in [0.1, 0.15) is 27.0 Å². The largest absolute Gasteiger partial charge is 0.379 e. The van der Waals surface area contributed by atoms with Crippen molar-refractivity contribution in [3.8, 4) is 0 Å². The number of amides is 1. The number of carbonyl (C=O) groups is 1. The van der Waals surface area contributed by atoms with E-state index in [9.17, 15) is 4.79 Å². The molecule has 106 valence electrons. The Labute approximate surface area is 118 Å². The molecule has 0 saturated carbocycles. The molecular weight excluding hydrogens is 260 g/mol. The van der Waals surface area contributed by atoms with Crippen molar-refractivity contribution in [2.24, 2.45) is 0 Å². The van der Waals surface area contributed by atoms with E-state index in [1.54, 1.807) is 11.3 Å². The Morgan fingerprint density at radius 2 is 2.21 bits per heavy atom. The standard InChI is InChI=1S/C14H22N2O2S/c1-3-12-10-13(19-11(12)2)14(17)15-4-5-16-6-8-18-9-7-16/h10H,3-9H2,1-2H3,(H,15,17). The van der Waals surface area contributed by atoms with Crippen LogP contribution in [-0.4, -0.2) is 50.2 Å². The van der Waals surface area contributed by atoms with Crippen molar-refractivity contribution in [2.45, 2.75) is 20.3 Å².